The van der Waals surface area contributed by atoms with Crippen LogP contribution in [0, 0.1) is 0 Å². The van der Waals surface area contributed by atoms with Crippen molar-refractivity contribution in [2.75, 3.05) is 5.01 Å². The monoisotopic (exact) mass is 267 g/mol. The zero-order chi connectivity index (χ0) is 13.3. The first-order valence-corrected chi connectivity index (χ1v) is 6.91. The van der Waals surface area contributed by atoms with Crippen molar-refractivity contribution in [2.45, 2.75) is 31.9 Å². The molecular formula is C12H17N3O2S. The van der Waals surface area contributed by atoms with Gasteiger partial charge < -0.3 is 5.11 Å². The van der Waals surface area contributed by atoms with Crippen LogP contribution in [0.3, 0.4) is 0 Å². The van der Waals surface area contributed by atoms with E-state index in [0.29, 0.717) is 11.5 Å². The molecule has 1 aliphatic rings. The highest BCUT2D eigenvalue weighted by atomic mass is 32.2. The van der Waals surface area contributed by atoms with Gasteiger partial charge in [0.15, 0.2) is 0 Å². The fraction of sp³-hybridized carbons (Fsp3) is 0.417. The Balaban J connectivity index is 2.37. The first-order valence-electron chi connectivity index (χ1n) is 5.70. The van der Waals surface area contributed by atoms with Gasteiger partial charge in [-0.2, -0.15) is 5.10 Å². The smallest absolute Gasteiger partial charge is 0.142 e. The summed E-state index contributed by atoms with van der Waals surface area (Å²) in [5.41, 5.74) is -0.106. The van der Waals surface area contributed by atoms with Gasteiger partial charge in [-0.3, -0.25) is 5.01 Å². The maximum atomic E-state index is 11.3. The number of hydrogen-bond acceptors (Lipinski definition) is 4. The number of rotatable bonds is 2. The largest absolute Gasteiger partial charge is 0.388 e. The number of hydrazone groups is 1. The van der Waals surface area contributed by atoms with Crippen LogP contribution >= 0.6 is 0 Å². The van der Waals surface area contributed by atoms with E-state index in [9.17, 15) is 9.32 Å². The van der Waals surface area contributed by atoms with E-state index < -0.39 is 16.6 Å². The molecular weight excluding hydrogens is 250 g/mol. The lowest BCUT2D eigenvalue weighted by Gasteiger charge is -2.32. The molecule has 0 aliphatic carbocycles. The second kappa shape index (κ2) is 4.79. The zero-order valence-corrected chi connectivity index (χ0v) is 11.2. The summed E-state index contributed by atoms with van der Waals surface area (Å²) in [6.45, 7) is 3.43. The summed E-state index contributed by atoms with van der Waals surface area (Å²) in [4.78, 5) is 0. The van der Waals surface area contributed by atoms with Crippen molar-refractivity contribution in [3.63, 3.8) is 0 Å². The van der Waals surface area contributed by atoms with Crippen molar-refractivity contribution in [3.8, 4) is 0 Å². The first kappa shape index (κ1) is 13.2. The summed E-state index contributed by atoms with van der Waals surface area (Å²) in [7, 11) is -1.59. The van der Waals surface area contributed by atoms with E-state index in [2.05, 4.69) is 5.10 Å². The number of hydrogen-bond donors (Lipinski definition) is 2. The highest BCUT2D eigenvalue weighted by molar-refractivity contribution is 7.98. The maximum Gasteiger partial charge on any atom is 0.142 e. The minimum absolute atomic E-state index is 0.262. The quantitative estimate of drug-likeness (QED) is 0.838. The lowest BCUT2D eigenvalue weighted by molar-refractivity contribution is 0.0540. The third-order valence-electron chi connectivity index (χ3n) is 2.95. The third-order valence-corrected chi connectivity index (χ3v) is 3.66. The van der Waals surface area contributed by atoms with Crippen molar-refractivity contribution in [1.82, 2.24) is 0 Å². The van der Waals surface area contributed by atoms with E-state index in [1.165, 1.54) is 0 Å². The van der Waals surface area contributed by atoms with Crippen LogP contribution in [0.25, 0.3) is 0 Å². The molecule has 0 spiro atoms. The van der Waals surface area contributed by atoms with E-state index in [1.807, 2.05) is 30.3 Å². The van der Waals surface area contributed by atoms with Crippen molar-refractivity contribution in [1.29, 1.82) is 0 Å². The van der Waals surface area contributed by atoms with E-state index in [0.717, 1.165) is 5.69 Å². The number of anilines is 1. The summed E-state index contributed by atoms with van der Waals surface area (Å²) in [6.07, 6.45) is 0.404. The highest BCUT2D eigenvalue weighted by Gasteiger charge is 2.39. The van der Waals surface area contributed by atoms with Gasteiger partial charge in [-0.1, -0.05) is 18.2 Å². The van der Waals surface area contributed by atoms with E-state index in [-0.39, 0.29) is 6.04 Å². The Kier molecular flexibility index (Phi) is 3.52. The normalized spacial score (nSPS) is 21.9. The highest BCUT2D eigenvalue weighted by Crippen LogP contribution is 2.30. The van der Waals surface area contributed by atoms with Crippen molar-refractivity contribution in [3.05, 3.63) is 30.3 Å². The Labute approximate surface area is 109 Å². The van der Waals surface area contributed by atoms with Gasteiger partial charge in [0, 0.05) is 6.42 Å². The molecule has 2 atom stereocenters. The van der Waals surface area contributed by atoms with Crippen LogP contribution in [-0.2, 0) is 11.0 Å². The van der Waals surface area contributed by atoms with Gasteiger partial charge in [0.1, 0.15) is 16.0 Å². The van der Waals surface area contributed by atoms with Gasteiger partial charge in [0.05, 0.1) is 17.3 Å². The third kappa shape index (κ3) is 2.60. The molecule has 1 heterocycles. The summed E-state index contributed by atoms with van der Waals surface area (Å²) >= 11 is 0. The summed E-state index contributed by atoms with van der Waals surface area (Å²) in [5, 5.41) is 21.9. The molecule has 6 heteroatoms. The van der Waals surface area contributed by atoms with Crippen LogP contribution in [0.1, 0.15) is 20.3 Å². The predicted octanol–water partition coefficient (Wildman–Crippen LogP) is 0.972. The lowest BCUT2D eigenvalue weighted by Crippen LogP contribution is -2.45. The number of para-hydroxylation sites is 1. The molecule has 0 aromatic heterocycles. The average molecular weight is 267 g/mol. The number of aliphatic hydroxyl groups is 1. The number of benzene rings is 1. The second-order valence-electron chi connectivity index (χ2n) is 4.84. The SMILES string of the molecule is CC(C)(O)C1CC(S(N)=O)=NN1c1ccccc1. The molecule has 5 nitrogen and oxygen atoms in total. The van der Waals surface area contributed by atoms with E-state index in [1.54, 1.807) is 18.9 Å². The second-order valence-corrected chi connectivity index (χ2v) is 5.91. The molecule has 0 radical (unpaired) electrons. The van der Waals surface area contributed by atoms with Gasteiger partial charge in [-0.25, -0.2) is 9.35 Å². The van der Waals surface area contributed by atoms with Crippen molar-refractivity contribution < 1.29 is 9.32 Å². The molecule has 0 saturated carbocycles. The van der Waals surface area contributed by atoms with Crippen LogP contribution in [0.2, 0.25) is 0 Å². The van der Waals surface area contributed by atoms with E-state index in [4.69, 9.17) is 5.14 Å². The van der Waals surface area contributed by atoms with Crippen LogP contribution in [-0.4, -0.2) is 26.0 Å². The van der Waals surface area contributed by atoms with Gasteiger partial charge in [0.25, 0.3) is 0 Å². The van der Waals surface area contributed by atoms with Gasteiger partial charge in [0.2, 0.25) is 0 Å². The Bertz CT molecular complexity index is 482. The molecule has 1 aliphatic heterocycles. The molecule has 2 unspecified atom stereocenters. The molecule has 1 aromatic rings. The maximum absolute atomic E-state index is 11.3. The first-order chi connectivity index (χ1) is 8.39. The molecule has 0 saturated heterocycles. The van der Waals surface area contributed by atoms with Crippen molar-refractivity contribution in [2.24, 2.45) is 10.2 Å². The summed E-state index contributed by atoms with van der Waals surface area (Å²) < 4.78 is 11.3. The fourth-order valence-electron chi connectivity index (χ4n) is 1.97. The van der Waals surface area contributed by atoms with E-state index >= 15 is 0 Å². The van der Waals surface area contributed by atoms with Crippen LogP contribution in [0.15, 0.2) is 35.4 Å². The van der Waals surface area contributed by atoms with Gasteiger partial charge in [-0.05, 0) is 26.0 Å². The van der Waals surface area contributed by atoms with Gasteiger partial charge >= 0.3 is 0 Å². The van der Waals surface area contributed by atoms with Crippen LogP contribution in [0.4, 0.5) is 5.69 Å². The van der Waals surface area contributed by atoms with Gasteiger partial charge in [-0.15, -0.1) is 0 Å². The predicted molar refractivity (Wildman–Crippen MR) is 73.4 cm³/mol. The number of nitrogens with two attached hydrogens (primary N) is 1. The molecule has 18 heavy (non-hydrogen) atoms. The number of nitrogens with zero attached hydrogens (tertiary/aromatic N) is 2. The molecule has 0 bridgehead atoms. The molecule has 98 valence electrons. The Morgan fingerprint density at radius 1 is 1.44 bits per heavy atom. The van der Waals surface area contributed by atoms with Crippen molar-refractivity contribution >= 4 is 21.7 Å². The minimum atomic E-state index is -1.59. The van der Waals surface area contributed by atoms with Crippen LogP contribution in [0.5, 0.6) is 0 Å². The standard InChI is InChI=1S/C12H17N3O2S/c1-12(2,16)10-8-11(18(13)17)14-15(10)9-6-4-3-5-7-9/h3-7,10,16H,8,13H2,1-2H3. The molecule has 0 fully saturated rings. The summed E-state index contributed by atoms with van der Waals surface area (Å²) in [6, 6.07) is 9.22. The molecule has 3 N–H and O–H groups in total. The minimum Gasteiger partial charge on any atom is -0.388 e. The Morgan fingerprint density at radius 3 is 2.56 bits per heavy atom. The Morgan fingerprint density at radius 2 is 2.06 bits per heavy atom. The fourth-order valence-corrected chi connectivity index (χ4v) is 2.46. The summed E-state index contributed by atoms with van der Waals surface area (Å²) in [5.74, 6) is 0. The molecule has 0 amide bonds. The van der Waals surface area contributed by atoms with Crippen LogP contribution < -0.4 is 10.1 Å². The average Bonchev–Trinajstić information content (AvgIpc) is 2.74. The zero-order valence-electron chi connectivity index (χ0n) is 10.4. The Hall–Kier alpha value is -1.24. The lowest BCUT2D eigenvalue weighted by atomic mass is 9.96. The topological polar surface area (TPSA) is 78.9 Å². The molecule has 1 aromatic carbocycles. The molecule has 2 rings (SSSR count).